The second-order valence-electron chi connectivity index (χ2n) is 4.54. The van der Waals surface area contributed by atoms with Gasteiger partial charge in [-0.2, -0.15) is 0 Å². The lowest BCUT2D eigenvalue weighted by molar-refractivity contribution is 0.383. The van der Waals surface area contributed by atoms with Crippen molar-refractivity contribution in [3.05, 3.63) is 52.4 Å². The summed E-state index contributed by atoms with van der Waals surface area (Å²) < 4.78 is 11.1. The molecule has 3 N–H and O–H groups in total. The van der Waals surface area contributed by atoms with Crippen molar-refractivity contribution in [2.45, 2.75) is 25.8 Å². The van der Waals surface area contributed by atoms with E-state index in [0.717, 1.165) is 29.3 Å². The third-order valence-electron chi connectivity index (χ3n) is 3.24. The fourth-order valence-corrected chi connectivity index (χ4v) is 2.33. The summed E-state index contributed by atoms with van der Waals surface area (Å²) in [7, 11) is 1.64. The van der Waals surface area contributed by atoms with E-state index in [4.69, 9.17) is 26.6 Å². The van der Waals surface area contributed by atoms with Gasteiger partial charge in [-0.25, -0.2) is 5.43 Å². The van der Waals surface area contributed by atoms with E-state index in [2.05, 4.69) is 5.43 Å². The molecule has 0 aliphatic heterocycles. The molecule has 0 bridgehead atoms. The van der Waals surface area contributed by atoms with Crippen molar-refractivity contribution in [3.63, 3.8) is 0 Å². The standard InChI is InChI=1S/C15H19ClN2O2/c1-3-12-5-7-15(20-12)13(18-17)9-10-8-11(16)4-6-14(10)19-2/h4-8,13,18H,3,9,17H2,1-2H3. The molecule has 1 unspecified atom stereocenters. The van der Waals surface area contributed by atoms with Crippen molar-refractivity contribution < 1.29 is 9.15 Å². The molecule has 0 saturated heterocycles. The predicted octanol–water partition coefficient (Wildman–Crippen LogP) is 3.25. The maximum absolute atomic E-state index is 6.04. The van der Waals surface area contributed by atoms with Crippen LogP contribution in [0.2, 0.25) is 5.02 Å². The van der Waals surface area contributed by atoms with Crippen LogP contribution in [0.4, 0.5) is 0 Å². The second-order valence-corrected chi connectivity index (χ2v) is 4.97. The van der Waals surface area contributed by atoms with Gasteiger partial charge in [0.25, 0.3) is 0 Å². The second kappa shape index (κ2) is 6.79. The Hall–Kier alpha value is -1.49. The van der Waals surface area contributed by atoms with E-state index in [1.165, 1.54) is 0 Å². The molecule has 0 amide bonds. The number of hydrogen-bond donors (Lipinski definition) is 2. The summed E-state index contributed by atoms with van der Waals surface area (Å²) in [6, 6.07) is 9.33. The summed E-state index contributed by atoms with van der Waals surface area (Å²) in [5.41, 5.74) is 3.77. The molecule has 0 fully saturated rings. The number of methoxy groups -OCH3 is 1. The number of nitrogens with one attached hydrogen (secondary N) is 1. The van der Waals surface area contributed by atoms with Crippen molar-refractivity contribution >= 4 is 11.6 Å². The molecule has 0 radical (unpaired) electrons. The average Bonchev–Trinajstić information content (AvgIpc) is 2.93. The molecule has 2 rings (SSSR count). The number of benzene rings is 1. The fraction of sp³-hybridized carbons (Fsp3) is 0.333. The molecule has 0 aliphatic carbocycles. The van der Waals surface area contributed by atoms with E-state index in [0.29, 0.717) is 11.4 Å². The van der Waals surface area contributed by atoms with Gasteiger partial charge in [0.2, 0.25) is 0 Å². The van der Waals surface area contributed by atoms with Crippen LogP contribution >= 0.6 is 11.6 Å². The average molecular weight is 295 g/mol. The summed E-state index contributed by atoms with van der Waals surface area (Å²) in [6.45, 7) is 2.05. The summed E-state index contributed by atoms with van der Waals surface area (Å²) in [6.07, 6.45) is 1.49. The van der Waals surface area contributed by atoms with Crippen LogP contribution in [0.3, 0.4) is 0 Å². The van der Waals surface area contributed by atoms with E-state index in [1.807, 2.05) is 31.2 Å². The molecule has 0 aliphatic rings. The van der Waals surface area contributed by atoms with Gasteiger partial charge in [-0.15, -0.1) is 0 Å². The zero-order valence-corrected chi connectivity index (χ0v) is 12.4. The molecule has 108 valence electrons. The first-order valence-corrected chi connectivity index (χ1v) is 6.92. The van der Waals surface area contributed by atoms with Gasteiger partial charge in [0.15, 0.2) is 0 Å². The number of aryl methyl sites for hydroxylation is 1. The van der Waals surface area contributed by atoms with Crippen molar-refractivity contribution in [1.82, 2.24) is 5.43 Å². The molecule has 2 aromatic rings. The molecule has 0 saturated carbocycles. The Morgan fingerprint density at radius 2 is 2.15 bits per heavy atom. The SMILES string of the molecule is CCc1ccc(C(Cc2cc(Cl)ccc2OC)NN)o1. The number of hydrogen-bond acceptors (Lipinski definition) is 4. The zero-order valence-electron chi connectivity index (χ0n) is 11.7. The number of furan rings is 1. The third-order valence-corrected chi connectivity index (χ3v) is 3.48. The third kappa shape index (κ3) is 3.33. The first-order chi connectivity index (χ1) is 9.67. The Kier molecular flexibility index (Phi) is 5.06. The summed E-state index contributed by atoms with van der Waals surface area (Å²) in [5.74, 6) is 8.19. The first-order valence-electron chi connectivity index (χ1n) is 6.55. The van der Waals surface area contributed by atoms with Crippen molar-refractivity contribution in [2.75, 3.05) is 7.11 Å². The van der Waals surface area contributed by atoms with Crippen LogP contribution in [-0.4, -0.2) is 7.11 Å². The van der Waals surface area contributed by atoms with Gasteiger partial charge in [0.05, 0.1) is 13.2 Å². The molecule has 20 heavy (non-hydrogen) atoms. The monoisotopic (exact) mass is 294 g/mol. The van der Waals surface area contributed by atoms with E-state index in [-0.39, 0.29) is 6.04 Å². The smallest absolute Gasteiger partial charge is 0.122 e. The van der Waals surface area contributed by atoms with Crippen LogP contribution in [-0.2, 0) is 12.8 Å². The molecular formula is C15H19ClN2O2. The Bertz CT molecular complexity index is 569. The minimum absolute atomic E-state index is 0.123. The number of halogens is 1. The lowest BCUT2D eigenvalue weighted by Gasteiger charge is -2.16. The topological polar surface area (TPSA) is 60.4 Å². The van der Waals surface area contributed by atoms with Crippen LogP contribution in [0.25, 0.3) is 0 Å². The van der Waals surface area contributed by atoms with E-state index in [1.54, 1.807) is 13.2 Å². The molecule has 5 heteroatoms. The minimum atomic E-state index is -0.123. The summed E-state index contributed by atoms with van der Waals surface area (Å²) in [5, 5.41) is 0.672. The van der Waals surface area contributed by atoms with E-state index < -0.39 is 0 Å². The van der Waals surface area contributed by atoms with Gasteiger partial charge in [0.1, 0.15) is 17.3 Å². The van der Waals surface area contributed by atoms with Crippen LogP contribution in [0.15, 0.2) is 34.7 Å². The molecule has 1 heterocycles. The quantitative estimate of drug-likeness (QED) is 0.634. The molecule has 1 atom stereocenters. The molecule has 1 aromatic carbocycles. The van der Waals surface area contributed by atoms with Crippen LogP contribution in [0.5, 0.6) is 5.75 Å². The van der Waals surface area contributed by atoms with Gasteiger partial charge in [-0.1, -0.05) is 18.5 Å². The highest BCUT2D eigenvalue weighted by molar-refractivity contribution is 6.30. The van der Waals surface area contributed by atoms with E-state index in [9.17, 15) is 0 Å². The lowest BCUT2D eigenvalue weighted by Crippen LogP contribution is -2.29. The highest BCUT2D eigenvalue weighted by Gasteiger charge is 2.17. The van der Waals surface area contributed by atoms with Gasteiger partial charge in [0, 0.05) is 11.4 Å². The minimum Gasteiger partial charge on any atom is -0.496 e. The maximum Gasteiger partial charge on any atom is 0.122 e. The number of hydrazine groups is 1. The molecule has 4 nitrogen and oxygen atoms in total. The molecule has 1 aromatic heterocycles. The Balaban J connectivity index is 2.23. The van der Waals surface area contributed by atoms with Crippen molar-refractivity contribution in [2.24, 2.45) is 5.84 Å². The van der Waals surface area contributed by atoms with Crippen molar-refractivity contribution in [1.29, 1.82) is 0 Å². The van der Waals surface area contributed by atoms with Crippen LogP contribution < -0.4 is 16.0 Å². The van der Waals surface area contributed by atoms with Gasteiger partial charge < -0.3 is 9.15 Å². The molecular weight excluding hydrogens is 276 g/mol. The van der Waals surface area contributed by atoms with Crippen molar-refractivity contribution in [3.8, 4) is 5.75 Å². The lowest BCUT2D eigenvalue weighted by atomic mass is 10.0. The van der Waals surface area contributed by atoms with E-state index >= 15 is 0 Å². The van der Waals surface area contributed by atoms with Gasteiger partial charge in [-0.3, -0.25) is 5.84 Å². The predicted molar refractivity (Wildman–Crippen MR) is 79.9 cm³/mol. The Morgan fingerprint density at radius 3 is 2.75 bits per heavy atom. The largest absolute Gasteiger partial charge is 0.496 e. The van der Waals surface area contributed by atoms with Gasteiger partial charge in [-0.05, 0) is 42.3 Å². The summed E-state index contributed by atoms with van der Waals surface area (Å²) >= 11 is 6.04. The van der Waals surface area contributed by atoms with Gasteiger partial charge >= 0.3 is 0 Å². The Labute approximate surface area is 123 Å². The highest BCUT2D eigenvalue weighted by Crippen LogP contribution is 2.28. The fourth-order valence-electron chi connectivity index (χ4n) is 2.14. The number of ether oxygens (including phenoxy) is 1. The molecule has 0 spiro atoms. The highest BCUT2D eigenvalue weighted by atomic mass is 35.5. The summed E-state index contributed by atoms with van der Waals surface area (Å²) in [4.78, 5) is 0. The zero-order chi connectivity index (χ0) is 14.5. The van der Waals surface area contributed by atoms with Crippen LogP contribution in [0, 0.1) is 0 Å². The first kappa shape index (κ1) is 14.9. The van der Waals surface area contributed by atoms with Crippen LogP contribution in [0.1, 0.15) is 30.0 Å². The number of rotatable bonds is 6. The number of nitrogens with two attached hydrogens (primary N) is 1. The maximum atomic E-state index is 6.04. The Morgan fingerprint density at radius 1 is 1.35 bits per heavy atom. The normalized spacial score (nSPS) is 12.4.